The third-order valence-corrected chi connectivity index (χ3v) is 3.75. The fourth-order valence-electron chi connectivity index (χ4n) is 2.38. The van der Waals surface area contributed by atoms with E-state index in [2.05, 4.69) is 5.32 Å². The number of furan rings is 1. The van der Waals surface area contributed by atoms with Crippen molar-refractivity contribution in [3.8, 4) is 0 Å². The Morgan fingerprint density at radius 2 is 1.87 bits per heavy atom. The zero-order valence-corrected chi connectivity index (χ0v) is 13.7. The molecule has 0 bridgehead atoms. The van der Waals surface area contributed by atoms with Crippen molar-refractivity contribution in [1.29, 1.82) is 0 Å². The van der Waals surface area contributed by atoms with E-state index in [4.69, 9.17) is 32.4 Å². The van der Waals surface area contributed by atoms with E-state index in [1.54, 1.807) is 25.3 Å². The standard InChI is InChI=1S/C17H13Cl2NO3/c1-22-9-14-13-4-2-3-5-15(13)23-16(14)17(21)20-12-7-10(18)6-11(19)8-12/h2-8H,9H2,1H3,(H,20,21). The number of benzene rings is 2. The summed E-state index contributed by atoms with van der Waals surface area (Å²) in [6, 6.07) is 12.3. The van der Waals surface area contributed by atoms with Crippen LogP contribution < -0.4 is 5.32 Å². The maximum absolute atomic E-state index is 12.6. The van der Waals surface area contributed by atoms with Gasteiger partial charge in [-0.2, -0.15) is 0 Å². The van der Waals surface area contributed by atoms with Gasteiger partial charge in [-0.1, -0.05) is 41.4 Å². The summed E-state index contributed by atoms with van der Waals surface area (Å²) in [6.07, 6.45) is 0. The summed E-state index contributed by atoms with van der Waals surface area (Å²) in [4.78, 5) is 12.6. The topological polar surface area (TPSA) is 51.5 Å². The van der Waals surface area contributed by atoms with E-state index in [0.29, 0.717) is 26.9 Å². The zero-order chi connectivity index (χ0) is 16.4. The molecule has 23 heavy (non-hydrogen) atoms. The van der Waals surface area contributed by atoms with Gasteiger partial charge < -0.3 is 14.5 Å². The number of anilines is 1. The molecule has 1 N–H and O–H groups in total. The lowest BCUT2D eigenvalue weighted by molar-refractivity contribution is 0.0992. The molecular formula is C17H13Cl2NO3. The molecule has 0 radical (unpaired) electrons. The largest absolute Gasteiger partial charge is 0.451 e. The van der Waals surface area contributed by atoms with Crippen LogP contribution in [-0.4, -0.2) is 13.0 Å². The number of hydrogen-bond donors (Lipinski definition) is 1. The van der Waals surface area contributed by atoms with Gasteiger partial charge in [0.1, 0.15) is 5.58 Å². The summed E-state index contributed by atoms with van der Waals surface area (Å²) in [5, 5.41) is 4.47. The van der Waals surface area contributed by atoms with Crippen LogP contribution >= 0.6 is 23.2 Å². The Hall–Kier alpha value is -2.01. The molecule has 0 aliphatic rings. The first kappa shape index (κ1) is 15.9. The van der Waals surface area contributed by atoms with E-state index in [1.165, 1.54) is 0 Å². The Labute approximate surface area is 142 Å². The fourth-order valence-corrected chi connectivity index (χ4v) is 2.91. The van der Waals surface area contributed by atoms with Crippen LogP contribution in [-0.2, 0) is 11.3 Å². The van der Waals surface area contributed by atoms with Gasteiger partial charge >= 0.3 is 0 Å². The van der Waals surface area contributed by atoms with Gasteiger partial charge in [-0.25, -0.2) is 0 Å². The highest BCUT2D eigenvalue weighted by atomic mass is 35.5. The molecule has 3 rings (SSSR count). The molecule has 0 aliphatic carbocycles. The number of rotatable bonds is 4. The number of ether oxygens (including phenoxy) is 1. The van der Waals surface area contributed by atoms with Crippen LogP contribution in [0.3, 0.4) is 0 Å². The van der Waals surface area contributed by atoms with Gasteiger partial charge in [-0.3, -0.25) is 4.79 Å². The summed E-state index contributed by atoms with van der Waals surface area (Å²) in [7, 11) is 1.57. The van der Waals surface area contributed by atoms with Gasteiger partial charge in [0, 0.05) is 33.8 Å². The summed E-state index contributed by atoms with van der Waals surface area (Å²) < 4.78 is 10.9. The van der Waals surface area contributed by atoms with Gasteiger partial charge in [0.2, 0.25) is 0 Å². The number of amides is 1. The Kier molecular flexibility index (Phi) is 4.57. The molecule has 0 atom stereocenters. The molecule has 0 aliphatic heterocycles. The fraction of sp³-hybridized carbons (Fsp3) is 0.118. The van der Waals surface area contributed by atoms with E-state index in [9.17, 15) is 4.79 Å². The van der Waals surface area contributed by atoms with Crippen LogP contribution in [0.2, 0.25) is 10.0 Å². The van der Waals surface area contributed by atoms with E-state index in [1.807, 2.05) is 24.3 Å². The lowest BCUT2D eigenvalue weighted by atomic mass is 10.1. The van der Waals surface area contributed by atoms with Crippen LogP contribution in [0.15, 0.2) is 46.9 Å². The lowest BCUT2D eigenvalue weighted by Gasteiger charge is -2.06. The molecule has 1 amide bonds. The SMILES string of the molecule is COCc1c(C(=O)Nc2cc(Cl)cc(Cl)c2)oc2ccccc12. The average Bonchev–Trinajstić information content (AvgIpc) is 2.86. The molecule has 118 valence electrons. The van der Waals surface area contributed by atoms with Crippen molar-refractivity contribution in [2.75, 3.05) is 12.4 Å². The number of hydrogen-bond acceptors (Lipinski definition) is 3. The number of para-hydroxylation sites is 1. The third-order valence-electron chi connectivity index (χ3n) is 3.31. The second-order valence-corrected chi connectivity index (χ2v) is 5.82. The summed E-state index contributed by atoms with van der Waals surface area (Å²) in [5.41, 5.74) is 1.83. The third kappa shape index (κ3) is 3.34. The van der Waals surface area contributed by atoms with Gasteiger partial charge in [0.05, 0.1) is 6.61 Å². The number of nitrogens with one attached hydrogen (secondary N) is 1. The first-order chi connectivity index (χ1) is 11.1. The Bertz CT molecular complexity index is 853. The normalized spacial score (nSPS) is 10.9. The Balaban J connectivity index is 1.98. The van der Waals surface area contributed by atoms with Crippen LogP contribution in [0.25, 0.3) is 11.0 Å². The minimum atomic E-state index is -0.383. The molecule has 2 aromatic carbocycles. The Morgan fingerprint density at radius 1 is 1.17 bits per heavy atom. The number of halogens is 2. The van der Waals surface area contributed by atoms with Gasteiger partial charge in [0.15, 0.2) is 5.76 Å². The number of carbonyl (C=O) groups is 1. The van der Waals surface area contributed by atoms with Crippen molar-refractivity contribution in [1.82, 2.24) is 0 Å². The van der Waals surface area contributed by atoms with Crippen LogP contribution in [0, 0.1) is 0 Å². The molecule has 0 unspecified atom stereocenters. The van der Waals surface area contributed by atoms with E-state index in [-0.39, 0.29) is 18.3 Å². The zero-order valence-electron chi connectivity index (χ0n) is 12.2. The molecule has 3 aromatic rings. The van der Waals surface area contributed by atoms with E-state index in [0.717, 1.165) is 5.39 Å². The van der Waals surface area contributed by atoms with Crippen molar-refractivity contribution in [2.24, 2.45) is 0 Å². The van der Waals surface area contributed by atoms with E-state index < -0.39 is 0 Å². The highest BCUT2D eigenvalue weighted by Crippen LogP contribution is 2.28. The predicted molar refractivity (Wildman–Crippen MR) is 91.3 cm³/mol. The van der Waals surface area contributed by atoms with Crippen LogP contribution in [0.4, 0.5) is 5.69 Å². The van der Waals surface area contributed by atoms with Crippen molar-refractivity contribution < 1.29 is 13.9 Å². The minimum absolute atomic E-state index is 0.212. The van der Waals surface area contributed by atoms with Crippen molar-refractivity contribution in [3.63, 3.8) is 0 Å². The maximum atomic E-state index is 12.6. The molecule has 0 saturated heterocycles. The minimum Gasteiger partial charge on any atom is -0.451 e. The molecule has 6 heteroatoms. The highest BCUT2D eigenvalue weighted by molar-refractivity contribution is 6.35. The molecule has 0 saturated carbocycles. The van der Waals surface area contributed by atoms with Gasteiger partial charge in [-0.05, 0) is 24.3 Å². The average molecular weight is 350 g/mol. The number of methoxy groups -OCH3 is 1. The van der Waals surface area contributed by atoms with Crippen LogP contribution in [0.5, 0.6) is 0 Å². The molecule has 0 spiro atoms. The number of fused-ring (bicyclic) bond motifs is 1. The van der Waals surface area contributed by atoms with Crippen LogP contribution in [0.1, 0.15) is 16.1 Å². The summed E-state index contributed by atoms with van der Waals surface area (Å²) >= 11 is 11.9. The second-order valence-electron chi connectivity index (χ2n) is 4.95. The molecule has 1 heterocycles. The highest BCUT2D eigenvalue weighted by Gasteiger charge is 2.20. The van der Waals surface area contributed by atoms with Gasteiger partial charge in [0.25, 0.3) is 5.91 Å². The van der Waals surface area contributed by atoms with Crippen molar-refractivity contribution in [3.05, 3.63) is 63.8 Å². The summed E-state index contributed by atoms with van der Waals surface area (Å²) in [5.74, 6) is -0.171. The Morgan fingerprint density at radius 3 is 2.57 bits per heavy atom. The monoisotopic (exact) mass is 349 g/mol. The lowest BCUT2D eigenvalue weighted by Crippen LogP contribution is -2.13. The maximum Gasteiger partial charge on any atom is 0.291 e. The first-order valence-electron chi connectivity index (χ1n) is 6.85. The quantitative estimate of drug-likeness (QED) is 0.709. The first-order valence-corrected chi connectivity index (χ1v) is 7.61. The molecule has 4 nitrogen and oxygen atoms in total. The van der Waals surface area contributed by atoms with Crippen molar-refractivity contribution >= 4 is 45.8 Å². The summed E-state index contributed by atoms with van der Waals surface area (Å²) in [6.45, 7) is 0.274. The predicted octanol–water partition coefficient (Wildman–Crippen LogP) is 5.14. The second kappa shape index (κ2) is 6.62. The van der Waals surface area contributed by atoms with Gasteiger partial charge in [-0.15, -0.1) is 0 Å². The van der Waals surface area contributed by atoms with E-state index >= 15 is 0 Å². The van der Waals surface area contributed by atoms with Crippen molar-refractivity contribution in [2.45, 2.75) is 6.61 Å². The number of carbonyl (C=O) groups excluding carboxylic acids is 1. The molecule has 1 aromatic heterocycles. The molecule has 0 fully saturated rings. The smallest absolute Gasteiger partial charge is 0.291 e. The molecular weight excluding hydrogens is 337 g/mol.